The fourth-order valence-corrected chi connectivity index (χ4v) is 2.68. The zero-order valence-corrected chi connectivity index (χ0v) is 14.4. The van der Waals surface area contributed by atoms with Gasteiger partial charge in [-0.05, 0) is 12.1 Å². The number of fused-ring (bicyclic) bond motifs is 1. The van der Waals surface area contributed by atoms with E-state index in [1.165, 1.54) is 27.6 Å². The number of hydrogen-bond acceptors (Lipinski definition) is 6. The smallest absolute Gasteiger partial charge is 0.204 e. The van der Waals surface area contributed by atoms with E-state index < -0.39 is 0 Å². The Kier molecular flexibility index (Phi) is 4.52. The van der Waals surface area contributed by atoms with Crippen LogP contribution in [0.5, 0.6) is 23.0 Å². The summed E-state index contributed by atoms with van der Waals surface area (Å²) in [6.45, 7) is 0. The molecule has 3 rings (SSSR count). The first-order valence-electron chi connectivity index (χ1n) is 7.52. The van der Waals surface area contributed by atoms with Gasteiger partial charge in [0.25, 0.3) is 0 Å². The van der Waals surface area contributed by atoms with E-state index >= 15 is 0 Å². The van der Waals surface area contributed by atoms with Gasteiger partial charge in [0.15, 0.2) is 0 Å². The fraction of sp³-hybridized carbons (Fsp3) is 0.211. The maximum atomic E-state index is 13.1. The normalized spacial score (nSPS) is 10.6. The Labute approximate surface area is 144 Å². The minimum Gasteiger partial charge on any atom is -0.497 e. The molecule has 0 bridgehead atoms. The van der Waals surface area contributed by atoms with Gasteiger partial charge in [-0.3, -0.25) is 4.79 Å². The second-order valence-corrected chi connectivity index (χ2v) is 5.25. The summed E-state index contributed by atoms with van der Waals surface area (Å²) < 4.78 is 26.8. The number of hydrogen-bond donors (Lipinski definition) is 0. The van der Waals surface area contributed by atoms with E-state index in [0.29, 0.717) is 45.1 Å². The average molecular weight is 342 g/mol. The van der Waals surface area contributed by atoms with Crippen molar-refractivity contribution in [2.45, 2.75) is 0 Å². The van der Waals surface area contributed by atoms with Crippen LogP contribution in [0.15, 0.2) is 45.8 Å². The van der Waals surface area contributed by atoms with Gasteiger partial charge in [-0.25, -0.2) is 0 Å². The van der Waals surface area contributed by atoms with E-state index in [1.807, 2.05) is 0 Å². The van der Waals surface area contributed by atoms with E-state index in [1.54, 1.807) is 37.4 Å². The van der Waals surface area contributed by atoms with Gasteiger partial charge >= 0.3 is 0 Å². The van der Waals surface area contributed by atoms with Crippen molar-refractivity contribution in [3.8, 4) is 34.1 Å². The third kappa shape index (κ3) is 2.87. The summed E-state index contributed by atoms with van der Waals surface area (Å²) in [4.78, 5) is 13.1. The van der Waals surface area contributed by atoms with Crippen LogP contribution in [0.3, 0.4) is 0 Å². The van der Waals surface area contributed by atoms with Gasteiger partial charge in [0, 0.05) is 23.8 Å². The number of benzene rings is 2. The standard InChI is InChI=1S/C19H18O6/c1-21-11-5-6-13(15(7-11)23-3)14-10-25-17-9-12(22-2)8-16(24-4)18(17)19(14)20/h5-10H,1-4H3. The predicted molar refractivity (Wildman–Crippen MR) is 94.1 cm³/mol. The van der Waals surface area contributed by atoms with Gasteiger partial charge in [0.2, 0.25) is 5.43 Å². The van der Waals surface area contributed by atoms with Crippen LogP contribution in [0.1, 0.15) is 0 Å². The Balaban J connectivity index is 2.29. The fourth-order valence-electron chi connectivity index (χ4n) is 2.68. The van der Waals surface area contributed by atoms with E-state index in [0.717, 1.165) is 0 Å². The zero-order chi connectivity index (χ0) is 18.0. The summed E-state index contributed by atoms with van der Waals surface area (Å²) in [5.41, 5.74) is 1.15. The largest absolute Gasteiger partial charge is 0.497 e. The Morgan fingerprint density at radius 3 is 2.08 bits per heavy atom. The molecule has 0 amide bonds. The van der Waals surface area contributed by atoms with E-state index in [4.69, 9.17) is 23.4 Å². The van der Waals surface area contributed by atoms with Crippen molar-refractivity contribution in [1.82, 2.24) is 0 Å². The molecule has 0 unspecified atom stereocenters. The quantitative estimate of drug-likeness (QED) is 0.707. The van der Waals surface area contributed by atoms with Crippen LogP contribution >= 0.6 is 0 Å². The minimum atomic E-state index is -0.218. The SMILES string of the molecule is COc1ccc(-c2coc3cc(OC)cc(OC)c3c2=O)c(OC)c1. The lowest BCUT2D eigenvalue weighted by Gasteiger charge is -2.12. The van der Waals surface area contributed by atoms with Crippen LogP contribution in [-0.4, -0.2) is 28.4 Å². The highest BCUT2D eigenvalue weighted by Gasteiger charge is 2.18. The van der Waals surface area contributed by atoms with Crippen LogP contribution < -0.4 is 24.4 Å². The minimum absolute atomic E-state index is 0.218. The van der Waals surface area contributed by atoms with Gasteiger partial charge in [-0.15, -0.1) is 0 Å². The highest BCUT2D eigenvalue weighted by molar-refractivity contribution is 5.89. The van der Waals surface area contributed by atoms with E-state index in [9.17, 15) is 4.79 Å². The van der Waals surface area contributed by atoms with Crippen molar-refractivity contribution in [3.05, 3.63) is 46.8 Å². The Bertz CT molecular complexity index is 974. The number of rotatable bonds is 5. The predicted octanol–water partition coefficient (Wildman–Crippen LogP) is 3.49. The molecule has 0 atom stereocenters. The zero-order valence-electron chi connectivity index (χ0n) is 14.4. The van der Waals surface area contributed by atoms with Gasteiger partial charge in [0.1, 0.15) is 40.2 Å². The van der Waals surface area contributed by atoms with E-state index in [-0.39, 0.29) is 5.43 Å². The molecule has 130 valence electrons. The van der Waals surface area contributed by atoms with Crippen LogP contribution in [0.2, 0.25) is 0 Å². The molecule has 0 radical (unpaired) electrons. The molecule has 0 aliphatic heterocycles. The molecular weight excluding hydrogens is 324 g/mol. The molecule has 0 saturated carbocycles. The second kappa shape index (κ2) is 6.76. The molecule has 0 fully saturated rings. The molecule has 0 saturated heterocycles. The monoisotopic (exact) mass is 342 g/mol. The van der Waals surface area contributed by atoms with Gasteiger partial charge < -0.3 is 23.4 Å². The van der Waals surface area contributed by atoms with E-state index in [2.05, 4.69) is 0 Å². The van der Waals surface area contributed by atoms with Crippen LogP contribution in [0.25, 0.3) is 22.1 Å². The maximum absolute atomic E-state index is 13.1. The van der Waals surface area contributed by atoms with Crippen LogP contribution in [0, 0.1) is 0 Å². The van der Waals surface area contributed by atoms with Gasteiger partial charge in [-0.1, -0.05) is 0 Å². The first-order valence-corrected chi connectivity index (χ1v) is 7.52. The number of methoxy groups -OCH3 is 4. The molecule has 3 aromatic rings. The van der Waals surface area contributed by atoms with Crippen molar-refractivity contribution in [2.24, 2.45) is 0 Å². The lowest BCUT2D eigenvalue weighted by molar-refractivity contribution is 0.394. The third-order valence-corrected chi connectivity index (χ3v) is 3.97. The molecule has 1 aromatic heterocycles. The van der Waals surface area contributed by atoms with Crippen molar-refractivity contribution in [2.75, 3.05) is 28.4 Å². The van der Waals surface area contributed by atoms with Gasteiger partial charge in [0.05, 0.1) is 34.0 Å². The summed E-state index contributed by atoms with van der Waals surface area (Å²) in [5, 5.41) is 0.346. The first-order chi connectivity index (χ1) is 12.1. The second-order valence-electron chi connectivity index (χ2n) is 5.25. The molecule has 0 aliphatic carbocycles. The Morgan fingerprint density at radius 2 is 1.44 bits per heavy atom. The molecule has 0 N–H and O–H groups in total. The highest BCUT2D eigenvalue weighted by Crippen LogP contribution is 2.35. The van der Waals surface area contributed by atoms with Crippen molar-refractivity contribution >= 4 is 11.0 Å². The molecule has 6 heteroatoms. The summed E-state index contributed by atoms with van der Waals surface area (Å²) in [7, 11) is 6.13. The van der Waals surface area contributed by atoms with Crippen LogP contribution in [0.4, 0.5) is 0 Å². The molecule has 1 heterocycles. The topological polar surface area (TPSA) is 67.1 Å². The molecular formula is C19H18O6. The maximum Gasteiger partial charge on any atom is 0.204 e. The average Bonchev–Trinajstić information content (AvgIpc) is 2.66. The third-order valence-electron chi connectivity index (χ3n) is 3.97. The lowest BCUT2D eigenvalue weighted by Crippen LogP contribution is -2.07. The van der Waals surface area contributed by atoms with Crippen LogP contribution in [-0.2, 0) is 0 Å². The summed E-state index contributed by atoms with van der Waals surface area (Å²) in [6, 6.07) is 8.52. The summed E-state index contributed by atoms with van der Waals surface area (Å²) in [5.74, 6) is 2.08. The molecule has 0 spiro atoms. The lowest BCUT2D eigenvalue weighted by atomic mass is 10.0. The number of ether oxygens (including phenoxy) is 4. The van der Waals surface area contributed by atoms with Crippen molar-refractivity contribution < 1.29 is 23.4 Å². The van der Waals surface area contributed by atoms with Gasteiger partial charge in [-0.2, -0.15) is 0 Å². The van der Waals surface area contributed by atoms with Crippen molar-refractivity contribution in [1.29, 1.82) is 0 Å². The molecule has 6 nitrogen and oxygen atoms in total. The molecule has 2 aromatic carbocycles. The summed E-state index contributed by atoms with van der Waals surface area (Å²) in [6.07, 6.45) is 1.41. The first kappa shape index (κ1) is 16.7. The molecule has 0 aliphatic rings. The Morgan fingerprint density at radius 1 is 0.760 bits per heavy atom. The van der Waals surface area contributed by atoms with Crippen molar-refractivity contribution in [3.63, 3.8) is 0 Å². The molecule has 25 heavy (non-hydrogen) atoms. The highest BCUT2D eigenvalue weighted by atomic mass is 16.5. The summed E-state index contributed by atoms with van der Waals surface area (Å²) >= 11 is 0. The Hall–Kier alpha value is -3.15.